The van der Waals surface area contributed by atoms with Gasteiger partial charge < -0.3 is 10.6 Å². The summed E-state index contributed by atoms with van der Waals surface area (Å²) in [5.41, 5.74) is 0.560. The molecule has 2 N–H and O–H groups in total. The van der Waals surface area contributed by atoms with Crippen molar-refractivity contribution in [2.45, 2.75) is 6.42 Å². The minimum absolute atomic E-state index is 0.137. The molecule has 24 heavy (non-hydrogen) atoms. The lowest BCUT2D eigenvalue weighted by molar-refractivity contribution is -0.115. The molecule has 1 amide bonds. The summed E-state index contributed by atoms with van der Waals surface area (Å²) in [6, 6.07) is 12.4. The van der Waals surface area contributed by atoms with Gasteiger partial charge in [0, 0.05) is 4.88 Å². The summed E-state index contributed by atoms with van der Waals surface area (Å²) in [4.78, 5) is 12.9. The smallest absolute Gasteiger partial charge is 0.230 e. The van der Waals surface area contributed by atoms with Crippen LogP contribution in [0.5, 0.6) is 0 Å². The fourth-order valence-electron chi connectivity index (χ4n) is 1.97. The third kappa shape index (κ3) is 4.23. The Kier molecular flexibility index (Phi) is 5.30. The van der Waals surface area contributed by atoms with Crippen molar-refractivity contribution in [1.29, 1.82) is 0 Å². The lowest BCUT2D eigenvalue weighted by atomic mass is 10.3. The fourth-order valence-corrected chi connectivity index (χ4v) is 3.16. The highest BCUT2D eigenvalue weighted by Gasteiger charge is 2.08. The molecule has 2 heterocycles. The van der Waals surface area contributed by atoms with Crippen LogP contribution in [0.4, 0.5) is 17.3 Å². The molecule has 0 aliphatic heterocycles. The molecule has 0 spiro atoms. The van der Waals surface area contributed by atoms with E-state index in [9.17, 15) is 4.79 Å². The van der Waals surface area contributed by atoms with Crippen molar-refractivity contribution in [2.24, 2.45) is 0 Å². The second-order valence-electron chi connectivity index (χ2n) is 4.83. The number of benzene rings is 1. The Balaban J connectivity index is 1.64. The molecule has 0 saturated heterocycles. The van der Waals surface area contributed by atoms with E-state index in [0.29, 0.717) is 33.8 Å². The highest BCUT2D eigenvalue weighted by atomic mass is 35.5. The van der Waals surface area contributed by atoms with Crippen molar-refractivity contribution in [3.8, 4) is 0 Å². The predicted octanol–water partition coefficient (Wildman–Crippen LogP) is 4.77. The maximum atomic E-state index is 11.9. The molecular weight excluding hydrogens is 367 g/mol. The molecule has 8 heteroatoms. The molecule has 0 radical (unpaired) electrons. The predicted molar refractivity (Wildman–Crippen MR) is 98.4 cm³/mol. The number of para-hydroxylation sites is 1. The van der Waals surface area contributed by atoms with Crippen LogP contribution in [0.1, 0.15) is 4.88 Å². The summed E-state index contributed by atoms with van der Waals surface area (Å²) < 4.78 is 0. The van der Waals surface area contributed by atoms with E-state index in [2.05, 4.69) is 20.8 Å². The number of hydrogen-bond acceptors (Lipinski definition) is 5. The third-order valence-electron chi connectivity index (χ3n) is 3.06. The number of carbonyl (C=O) groups excluding carboxylic acids is 1. The van der Waals surface area contributed by atoms with E-state index in [4.69, 9.17) is 23.2 Å². The Morgan fingerprint density at radius 3 is 2.33 bits per heavy atom. The highest BCUT2D eigenvalue weighted by Crippen LogP contribution is 2.31. The molecule has 2 aromatic heterocycles. The number of thiophene rings is 1. The van der Waals surface area contributed by atoms with Crippen LogP contribution in [0.25, 0.3) is 0 Å². The monoisotopic (exact) mass is 378 g/mol. The quantitative estimate of drug-likeness (QED) is 0.670. The van der Waals surface area contributed by atoms with Crippen molar-refractivity contribution in [3.05, 3.63) is 62.8 Å². The normalized spacial score (nSPS) is 10.4. The number of aromatic nitrogens is 2. The standard InChI is InChI=1S/C16H12Cl2N4OS/c17-11-4-1-5-12(18)16(11)20-14-7-6-13(21-22-14)19-15(23)9-10-3-2-8-24-10/h1-8H,9H2,(H,20,22)(H,19,21,23). The van der Waals surface area contributed by atoms with E-state index in [1.807, 2.05) is 17.5 Å². The van der Waals surface area contributed by atoms with E-state index in [1.54, 1.807) is 30.3 Å². The molecule has 3 aromatic rings. The SMILES string of the molecule is O=C(Cc1cccs1)Nc1ccc(Nc2c(Cl)cccc2Cl)nn1. The maximum absolute atomic E-state index is 11.9. The fraction of sp³-hybridized carbons (Fsp3) is 0.0625. The molecular formula is C16H12Cl2N4OS. The first-order valence-electron chi connectivity index (χ1n) is 6.99. The van der Waals surface area contributed by atoms with Crippen LogP contribution >= 0.6 is 34.5 Å². The number of amides is 1. The van der Waals surface area contributed by atoms with Crippen molar-refractivity contribution >= 4 is 57.8 Å². The minimum atomic E-state index is -0.137. The molecule has 0 aliphatic carbocycles. The molecule has 0 aliphatic rings. The molecule has 5 nitrogen and oxygen atoms in total. The summed E-state index contributed by atoms with van der Waals surface area (Å²) >= 11 is 13.7. The Morgan fingerprint density at radius 2 is 1.71 bits per heavy atom. The van der Waals surface area contributed by atoms with Gasteiger partial charge in [-0.3, -0.25) is 4.79 Å². The first-order chi connectivity index (χ1) is 11.6. The van der Waals surface area contributed by atoms with Crippen LogP contribution in [0, 0.1) is 0 Å². The second-order valence-corrected chi connectivity index (χ2v) is 6.68. The van der Waals surface area contributed by atoms with E-state index < -0.39 is 0 Å². The zero-order valence-corrected chi connectivity index (χ0v) is 14.6. The van der Waals surface area contributed by atoms with Gasteiger partial charge in [-0.25, -0.2) is 0 Å². The second kappa shape index (κ2) is 7.61. The van der Waals surface area contributed by atoms with Gasteiger partial charge in [0.1, 0.15) is 0 Å². The van der Waals surface area contributed by atoms with Gasteiger partial charge in [-0.05, 0) is 35.7 Å². The molecule has 0 saturated carbocycles. The Bertz CT molecular complexity index is 818. The largest absolute Gasteiger partial charge is 0.336 e. The molecule has 0 fully saturated rings. The van der Waals surface area contributed by atoms with Gasteiger partial charge in [0.2, 0.25) is 5.91 Å². The van der Waals surface area contributed by atoms with Gasteiger partial charge >= 0.3 is 0 Å². The van der Waals surface area contributed by atoms with E-state index in [0.717, 1.165) is 4.88 Å². The zero-order chi connectivity index (χ0) is 16.9. The van der Waals surface area contributed by atoms with Crippen LogP contribution in [0.3, 0.4) is 0 Å². The van der Waals surface area contributed by atoms with E-state index >= 15 is 0 Å². The van der Waals surface area contributed by atoms with Crippen LogP contribution in [0.2, 0.25) is 10.0 Å². The molecule has 1 aromatic carbocycles. The molecule has 0 bridgehead atoms. The lowest BCUT2D eigenvalue weighted by Crippen LogP contribution is -2.15. The summed E-state index contributed by atoms with van der Waals surface area (Å²) in [6.45, 7) is 0. The number of anilines is 3. The first-order valence-corrected chi connectivity index (χ1v) is 8.62. The van der Waals surface area contributed by atoms with Gasteiger partial charge in [-0.15, -0.1) is 21.5 Å². The number of halogens is 2. The summed E-state index contributed by atoms with van der Waals surface area (Å²) in [5, 5.41) is 16.6. The van der Waals surface area contributed by atoms with Gasteiger partial charge in [-0.2, -0.15) is 0 Å². The van der Waals surface area contributed by atoms with Gasteiger partial charge in [0.25, 0.3) is 0 Å². The van der Waals surface area contributed by atoms with E-state index in [1.165, 1.54) is 11.3 Å². The number of hydrogen-bond donors (Lipinski definition) is 2. The Hall–Kier alpha value is -2.15. The van der Waals surface area contributed by atoms with Gasteiger partial charge in [-0.1, -0.05) is 35.3 Å². The average molecular weight is 379 g/mol. The van der Waals surface area contributed by atoms with Crippen LogP contribution < -0.4 is 10.6 Å². The summed E-state index contributed by atoms with van der Waals surface area (Å²) in [5.74, 6) is 0.718. The zero-order valence-electron chi connectivity index (χ0n) is 12.3. The highest BCUT2D eigenvalue weighted by molar-refractivity contribution is 7.10. The molecule has 0 atom stereocenters. The van der Waals surface area contributed by atoms with E-state index in [-0.39, 0.29) is 5.91 Å². The number of rotatable bonds is 5. The molecule has 0 unspecified atom stereocenters. The topological polar surface area (TPSA) is 66.9 Å². The Labute approximate surface area is 152 Å². The van der Waals surface area contributed by atoms with Crippen molar-refractivity contribution < 1.29 is 4.79 Å². The van der Waals surface area contributed by atoms with Crippen LogP contribution in [-0.2, 0) is 11.2 Å². The molecule has 3 rings (SSSR count). The lowest BCUT2D eigenvalue weighted by Gasteiger charge is -2.09. The van der Waals surface area contributed by atoms with Crippen molar-refractivity contribution in [1.82, 2.24) is 10.2 Å². The maximum Gasteiger partial charge on any atom is 0.230 e. The minimum Gasteiger partial charge on any atom is -0.336 e. The number of carbonyl (C=O) groups is 1. The van der Waals surface area contributed by atoms with Gasteiger partial charge in [0.15, 0.2) is 11.6 Å². The van der Waals surface area contributed by atoms with Crippen molar-refractivity contribution in [2.75, 3.05) is 10.6 Å². The van der Waals surface area contributed by atoms with Crippen LogP contribution in [-0.4, -0.2) is 16.1 Å². The van der Waals surface area contributed by atoms with Crippen LogP contribution in [0.15, 0.2) is 47.8 Å². The number of nitrogens with zero attached hydrogens (tertiary/aromatic N) is 2. The average Bonchev–Trinajstić information content (AvgIpc) is 3.05. The first kappa shape index (κ1) is 16.7. The number of nitrogens with one attached hydrogen (secondary N) is 2. The third-order valence-corrected chi connectivity index (χ3v) is 4.57. The summed E-state index contributed by atoms with van der Waals surface area (Å²) in [7, 11) is 0. The Morgan fingerprint density at radius 1 is 1.00 bits per heavy atom. The molecule has 122 valence electrons. The summed E-state index contributed by atoms with van der Waals surface area (Å²) in [6.07, 6.45) is 0.314. The van der Waals surface area contributed by atoms with Crippen molar-refractivity contribution in [3.63, 3.8) is 0 Å². The van der Waals surface area contributed by atoms with Gasteiger partial charge in [0.05, 0.1) is 22.2 Å².